The zero-order valence-corrected chi connectivity index (χ0v) is 13.1. The Labute approximate surface area is 126 Å². The maximum atomic E-state index is 12.6. The molecule has 0 aromatic heterocycles. The minimum absolute atomic E-state index is 0.0371. The Hall–Kier alpha value is -2.29. The summed E-state index contributed by atoms with van der Waals surface area (Å²) >= 11 is 0. The SMILES string of the molecule is CC(c1ccccc1)N(C)C(=O)c1cccc(N(C)C)c1. The van der Waals surface area contributed by atoms with Crippen LogP contribution in [-0.2, 0) is 0 Å². The summed E-state index contributed by atoms with van der Waals surface area (Å²) in [6, 6.07) is 17.8. The van der Waals surface area contributed by atoms with Crippen molar-refractivity contribution in [1.29, 1.82) is 0 Å². The molecule has 0 fully saturated rings. The molecule has 0 spiro atoms. The predicted octanol–water partition coefficient (Wildman–Crippen LogP) is 3.59. The van der Waals surface area contributed by atoms with E-state index in [2.05, 4.69) is 0 Å². The van der Waals surface area contributed by atoms with Crippen LogP contribution in [0.25, 0.3) is 0 Å². The molecule has 2 rings (SSSR count). The van der Waals surface area contributed by atoms with E-state index in [-0.39, 0.29) is 11.9 Å². The summed E-state index contributed by atoms with van der Waals surface area (Å²) in [5.41, 5.74) is 2.88. The summed E-state index contributed by atoms with van der Waals surface area (Å²) in [5, 5.41) is 0. The second-order valence-corrected chi connectivity index (χ2v) is 5.45. The van der Waals surface area contributed by atoms with Crippen LogP contribution < -0.4 is 4.90 Å². The molecule has 3 heteroatoms. The van der Waals surface area contributed by atoms with Gasteiger partial charge in [0, 0.05) is 32.4 Å². The Bertz CT molecular complexity index is 608. The van der Waals surface area contributed by atoms with E-state index in [9.17, 15) is 4.79 Å². The number of carbonyl (C=O) groups excluding carboxylic acids is 1. The summed E-state index contributed by atoms with van der Waals surface area (Å²) in [6.07, 6.45) is 0. The van der Waals surface area contributed by atoms with E-state index in [0.717, 1.165) is 11.3 Å². The van der Waals surface area contributed by atoms with Crippen LogP contribution in [0.1, 0.15) is 28.9 Å². The third kappa shape index (κ3) is 3.43. The molecule has 2 aromatic carbocycles. The summed E-state index contributed by atoms with van der Waals surface area (Å²) < 4.78 is 0. The van der Waals surface area contributed by atoms with Gasteiger partial charge in [-0.1, -0.05) is 36.4 Å². The molecule has 2 aromatic rings. The maximum absolute atomic E-state index is 12.6. The first-order valence-corrected chi connectivity index (χ1v) is 7.10. The summed E-state index contributed by atoms with van der Waals surface area (Å²) in [5.74, 6) is 0.0371. The van der Waals surface area contributed by atoms with Crippen molar-refractivity contribution < 1.29 is 4.79 Å². The van der Waals surface area contributed by atoms with E-state index < -0.39 is 0 Å². The second-order valence-electron chi connectivity index (χ2n) is 5.45. The van der Waals surface area contributed by atoms with E-state index in [0.29, 0.717) is 5.56 Å². The Morgan fingerprint density at radius 2 is 1.62 bits per heavy atom. The zero-order chi connectivity index (χ0) is 15.4. The highest BCUT2D eigenvalue weighted by Crippen LogP contribution is 2.22. The first-order chi connectivity index (χ1) is 10.0. The van der Waals surface area contributed by atoms with Crippen LogP contribution in [0.5, 0.6) is 0 Å². The number of hydrogen-bond acceptors (Lipinski definition) is 2. The van der Waals surface area contributed by atoms with Gasteiger partial charge in [-0.05, 0) is 30.7 Å². The van der Waals surface area contributed by atoms with Crippen molar-refractivity contribution in [3.05, 3.63) is 65.7 Å². The van der Waals surface area contributed by atoms with Gasteiger partial charge in [0.2, 0.25) is 0 Å². The van der Waals surface area contributed by atoms with E-state index in [1.165, 1.54) is 0 Å². The maximum Gasteiger partial charge on any atom is 0.254 e. The van der Waals surface area contributed by atoms with E-state index in [4.69, 9.17) is 0 Å². The van der Waals surface area contributed by atoms with Gasteiger partial charge < -0.3 is 9.80 Å². The third-order valence-corrected chi connectivity index (χ3v) is 3.79. The van der Waals surface area contributed by atoms with Crippen LogP contribution in [0, 0.1) is 0 Å². The van der Waals surface area contributed by atoms with Gasteiger partial charge in [-0.15, -0.1) is 0 Å². The Balaban J connectivity index is 2.21. The Morgan fingerprint density at radius 3 is 2.24 bits per heavy atom. The Morgan fingerprint density at radius 1 is 0.952 bits per heavy atom. The van der Waals surface area contributed by atoms with E-state index in [1.54, 1.807) is 4.90 Å². The first-order valence-electron chi connectivity index (χ1n) is 7.10. The van der Waals surface area contributed by atoms with Crippen LogP contribution in [0.3, 0.4) is 0 Å². The standard InChI is InChI=1S/C18H22N2O/c1-14(15-9-6-5-7-10-15)20(4)18(21)16-11-8-12-17(13-16)19(2)3/h5-14H,1-4H3. The average Bonchev–Trinajstić information content (AvgIpc) is 2.53. The quantitative estimate of drug-likeness (QED) is 0.855. The minimum Gasteiger partial charge on any atom is -0.378 e. The highest BCUT2D eigenvalue weighted by molar-refractivity contribution is 5.95. The van der Waals surface area contributed by atoms with Crippen molar-refractivity contribution in [3.63, 3.8) is 0 Å². The van der Waals surface area contributed by atoms with Crippen molar-refractivity contribution in [2.45, 2.75) is 13.0 Å². The van der Waals surface area contributed by atoms with Crippen molar-refractivity contribution in [3.8, 4) is 0 Å². The summed E-state index contributed by atoms with van der Waals surface area (Å²) in [6.45, 7) is 2.04. The van der Waals surface area contributed by atoms with E-state index in [1.807, 2.05) is 87.6 Å². The molecule has 0 N–H and O–H groups in total. The Kier molecular flexibility index (Phi) is 4.63. The lowest BCUT2D eigenvalue weighted by Gasteiger charge is -2.26. The molecule has 0 aliphatic heterocycles. The fraction of sp³-hybridized carbons (Fsp3) is 0.278. The van der Waals surface area contributed by atoms with Gasteiger partial charge in [-0.3, -0.25) is 4.79 Å². The number of carbonyl (C=O) groups is 1. The molecule has 0 radical (unpaired) electrons. The molecule has 110 valence electrons. The third-order valence-electron chi connectivity index (χ3n) is 3.79. The largest absolute Gasteiger partial charge is 0.378 e. The predicted molar refractivity (Wildman–Crippen MR) is 87.7 cm³/mol. The van der Waals surface area contributed by atoms with Gasteiger partial charge >= 0.3 is 0 Å². The fourth-order valence-corrected chi connectivity index (χ4v) is 2.25. The second kappa shape index (κ2) is 6.44. The molecule has 1 atom stereocenters. The molecule has 0 saturated carbocycles. The van der Waals surface area contributed by atoms with Gasteiger partial charge in [-0.25, -0.2) is 0 Å². The molecule has 1 unspecified atom stereocenters. The minimum atomic E-state index is 0.0371. The molecule has 0 heterocycles. The van der Waals surface area contributed by atoms with Crippen LogP contribution in [0.2, 0.25) is 0 Å². The van der Waals surface area contributed by atoms with Crippen molar-refractivity contribution in [2.75, 3.05) is 26.0 Å². The highest BCUT2D eigenvalue weighted by Gasteiger charge is 2.19. The average molecular weight is 282 g/mol. The molecular formula is C18H22N2O. The van der Waals surface area contributed by atoms with Crippen LogP contribution >= 0.6 is 0 Å². The van der Waals surface area contributed by atoms with Crippen molar-refractivity contribution in [2.24, 2.45) is 0 Å². The van der Waals surface area contributed by atoms with Gasteiger partial charge in [0.15, 0.2) is 0 Å². The lowest BCUT2D eigenvalue weighted by atomic mass is 10.1. The van der Waals surface area contributed by atoms with E-state index >= 15 is 0 Å². The molecule has 0 aliphatic carbocycles. The first kappa shape index (κ1) is 15.1. The number of amides is 1. The van der Waals surface area contributed by atoms with Gasteiger partial charge in [0.1, 0.15) is 0 Å². The number of anilines is 1. The molecule has 0 saturated heterocycles. The lowest BCUT2D eigenvalue weighted by molar-refractivity contribution is 0.0742. The normalized spacial score (nSPS) is 11.8. The fourth-order valence-electron chi connectivity index (χ4n) is 2.25. The van der Waals surface area contributed by atoms with Gasteiger partial charge in [-0.2, -0.15) is 0 Å². The summed E-state index contributed by atoms with van der Waals surface area (Å²) in [4.78, 5) is 16.4. The summed E-state index contributed by atoms with van der Waals surface area (Å²) in [7, 11) is 5.79. The van der Waals surface area contributed by atoms with Crippen molar-refractivity contribution >= 4 is 11.6 Å². The smallest absolute Gasteiger partial charge is 0.254 e. The number of benzene rings is 2. The molecule has 3 nitrogen and oxygen atoms in total. The van der Waals surface area contributed by atoms with Gasteiger partial charge in [0.25, 0.3) is 5.91 Å². The molecule has 1 amide bonds. The molecule has 0 aliphatic rings. The molecule has 21 heavy (non-hydrogen) atoms. The van der Waals surface area contributed by atoms with Crippen LogP contribution in [0.15, 0.2) is 54.6 Å². The van der Waals surface area contributed by atoms with Crippen LogP contribution in [0.4, 0.5) is 5.69 Å². The number of rotatable bonds is 4. The monoisotopic (exact) mass is 282 g/mol. The molecular weight excluding hydrogens is 260 g/mol. The number of hydrogen-bond donors (Lipinski definition) is 0. The van der Waals surface area contributed by atoms with Crippen LogP contribution in [-0.4, -0.2) is 32.0 Å². The topological polar surface area (TPSA) is 23.6 Å². The highest BCUT2D eigenvalue weighted by atomic mass is 16.2. The molecule has 0 bridgehead atoms. The lowest BCUT2D eigenvalue weighted by Crippen LogP contribution is -2.29. The zero-order valence-electron chi connectivity index (χ0n) is 13.1. The number of nitrogens with zero attached hydrogens (tertiary/aromatic N) is 2. The van der Waals surface area contributed by atoms with Crippen molar-refractivity contribution in [1.82, 2.24) is 4.90 Å². The van der Waals surface area contributed by atoms with Gasteiger partial charge in [0.05, 0.1) is 6.04 Å².